The van der Waals surface area contributed by atoms with Gasteiger partial charge in [0.1, 0.15) is 5.69 Å². The van der Waals surface area contributed by atoms with Crippen LogP contribution in [-0.2, 0) is 0 Å². The molecule has 0 aliphatic rings. The maximum Gasteiger partial charge on any atom is 0.157 e. The Balaban J connectivity index is 2.52. The number of pyridine rings is 1. The van der Waals surface area contributed by atoms with Gasteiger partial charge in [-0.25, -0.2) is 9.97 Å². The predicted molar refractivity (Wildman–Crippen MR) is 56.6 cm³/mol. The van der Waals surface area contributed by atoms with Gasteiger partial charge in [0, 0.05) is 18.1 Å². The maximum absolute atomic E-state index is 5.97. The van der Waals surface area contributed by atoms with Gasteiger partial charge in [-0.15, -0.1) is 0 Å². The molecule has 5 heteroatoms. The molecule has 0 amide bonds. The monoisotopic (exact) mass is 227 g/mol. The number of rotatable bonds is 1. The Hall–Kier alpha value is -1.06. The summed E-state index contributed by atoms with van der Waals surface area (Å²) < 4.78 is 0. The molecule has 0 bridgehead atoms. The highest BCUT2D eigenvalue weighted by Crippen LogP contribution is 2.25. The first kappa shape index (κ1) is 9.49. The highest BCUT2D eigenvalue weighted by Gasteiger charge is 2.08. The molecule has 0 saturated heterocycles. The number of halogens is 2. The molecule has 0 aliphatic carbocycles. The van der Waals surface area contributed by atoms with E-state index in [0.717, 1.165) is 5.69 Å². The Labute approximate surface area is 91.1 Å². The Morgan fingerprint density at radius 2 is 2.00 bits per heavy atom. The van der Waals surface area contributed by atoms with Gasteiger partial charge < -0.3 is 4.98 Å². The summed E-state index contributed by atoms with van der Waals surface area (Å²) >= 11 is 11.7. The van der Waals surface area contributed by atoms with E-state index in [0.29, 0.717) is 21.6 Å². The van der Waals surface area contributed by atoms with Crippen LogP contribution >= 0.6 is 23.2 Å². The average molecular weight is 228 g/mol. The van der Waals surface area contributed by atoms with Crippen molar-refractivity contribution in [1.29, 1.82) is 0 Å². The van der Waals surface area contributed by atoms with Gasteiger partial charge in [0.05, 0.1) is 10.0 Å². The lowest BCUT2D eigenvalue weighted by Crippen LogP contribution is -1.87. The second-order valence-corrected chi connectivity index (χ2v) is 3.74. The lowest BCUT2D eigenvalue weighted by atomic mass is 10.3. The van der Waals surface area contributed by atoms with E-state index in [4.69, 9.17) is 23.2 Å². The summed E-state index contributed by atoms with van der Waals surface area (Å²) in [6.45, 7) is 1.92. The highest BCUT2D eigenvalue weighted by molar-refractivity contribution is 6.35. The van der Waals surface area contributed by atoms with E-state index in [1.165, 1.54) is 0 Å². The predicted octanol–water partition coefficient (Wildman–Crippen LogP) is 3.09. The Kier molecular flexibility index (Phi) is 2.44. The number of aromatic amines is 1. The summed E-state index contributed by atoms with van der Waals surface area (Å²) in [4.78, 5) is 11.3. The van der Waals surface area contributed by atoms with Crippen molar-refractivity contribution >= 4 is 23.2 Å². The number of aryl methyl sites for hydroxylation is 1. The molecule has 0 spiro atoms. The molecule has 2 aromatic heterocycles. The van der Waals surface area contributed by atoms with Gasteiger partial charge in [0.15, 0.2) is 5.82 Å². The molecule has 0 saturated carbocycles. The Morgan fingerprint density at radius 1 is 1.21 bits per heavy atom. The van der Waals surface area contributed by atoms with Crippen molar-refractivity contribution in [3.8, 4) is 11.5 Å². The minimum absolute atomic E-state index is 0.492. The first-order chi connectivity index (χ1) is 6.66. The summed E-state index contributed by atoms with van der Waals surface area (Å²) in [5, 5.41) is 1.01. The van der Waals surface area contributed by atoms with Crippen molar-refractivity contribution in [1.82, 2.24) is 15.0 Å². The average Bonchev–Trinajstić information content (AvgIpc) is 2.51. The second-order valence-electron chi connectivity index (χ2n) is 2.90. The van der Waals surface area contributed by atoms with Crippen molar-refractivity contribution < 1.29 is 0 Å². The Bertz CT molecular complexity index is 465. The van der Waals surface area contributed by atoms with Crippen LogP contribution in [0.15, 0.2) is 18.5 Å². The molecule has 0 aromatic carbocycles. The van der Waals surface area contributed by atoms with Crippen molar-refractivity contribution in [3.63, 3.8) is 0 Å². The lowest BCUT2D eigenvalue weighted by molar-refractivity contribution is 1.20. The van der Waals surface area contributed by atoms with Crippen LogP contribution in [0.25, 0.3) is 11.5 Å². The Morgan fingerprint density at radius 3 is 2.57 bits per heavy atom. The summed E-state index contributed by atoms with van der Waals surface area (Å²) in [5.74, 6) is 0.657. The van der Waals surface area contributed by atoms with Crippen LogP contribution in [0.3, 0.4) is 0 Å². The van der Waals surface area contributed by atoms with Crippen LogP contribution in [0.1, 0.15) is 5.69 Å². The number of H-pyrrole nitrogens is 1. The molecule has 1 N–H and O–H groups in total. The van der Waals surface area contributed by atoms with Crippen LogP contribution in [0, 0.1) is 6.92 Å². The molecule has 3 nitrogen and oxygen atoms in total. The van der Waals surface area contributed by atoms with Gasteiger partial charge in [-0.2, -0.15) is 0 Å². The van der Waals surface area contributed by atoms with E-state index in [-0.39, 0.29) is 0 Å². The van der Waals surface area contributed by atoms with Crippen LogP contribution in [0.5, 0.6) is 0 Å². The molecule has 14 heavy (non-hydrogen) atoms. The first-order valence-corrected chi connectivity index (χ1v) is 4.75. The first-order valence-electron chi connectivity index (χ1n) is 4.00. The van der Waals surface area contributed by atoms with E-state index in [1.807, 2.05) is 6.92 Å². The molecule has 72 valence electrons. The van der Waals surface area contributed by atoms with Crippen LogP contribution in [-0.4, -0.2) is 15.0 Å². The molecule has 2 rings (SSSR count). The summed E-state index contributed by atoms with van der Waals surface area (Å²) in [6.07, 6.45) is 3.27. The molecule has 0 atom stereocenters. The van der Waals surface area contributed by atoms with Crippen LogP contribution < -0.4 is 0 Å². The maximum atomic E-state index is 5.97. The third kappa shape index (κ3) is 1.74. The number of nitrogens with zero attached hydrogens (tertiary/aromatic N) is 2. The quantitative estimate of drug-likeness (QED) is 0.814. The van der Waals surface area contributed by atoms with Crippen molar-refractivity contribution in [2.75, 3.05) is 0 Å². The number of hydrogen-bond donors (Lipinski definition) is 1. The fourth-order valence-corrected chi connectivity index (χ4v) is 1.59. The van der Waals surface area contributed by atoms with E-state index >= 15 is 0 Å². The molecular weight excluding hydrogens is 221 g/mol. The molecule has 0 unspecified atom stereocenters. The topological polar surface area (TPSA) is 41.6 Å². The molecular formula is C9H7Cl2N3. The van der Waals surface area contributed by atoms with E-state index in [1.54, 1.807) is 18.5 Å². The zero-order chi connectivity index (χ0) is 10.1. The number of aromatic nitrogens is 3. The lowest BCUT2D eigenvalue weighted by Gasteiger charge is -1.99. The molecule has 0 aliphatic heterocycles. The normalized spacial score (nSPS) is 10.5. The van der Waals surface area contributed by atoms with Crippen molar-refractivity contribution in [2.45, 2.75) is 6.92 Å². The van der Waals surface area contributed by atoms with Crippen molar-refractivity contribution in [3.05, 3.63) is 34.2 Å². The highest BCUT2D eigenvalue weighted by atomic mass is 35.5. The number of imidazole rings is 1. The fraction of sp³-hybridized carbons (Fsp3) is 0.111. The minimum Gasteiger partial charge on any atom is -0.341 e. The molecule has 2 heterocycles. The van der Waals surface area contributed by atoms with Gasteiger partial charge in [-0.3, -0.25) is 0 Å². The molecule has 2 aromatic rings. The van der Waals surface area contributed by atoms with Crippen LogP contribution in [0.2, 0.25) is 10.0 Å². The SMILES string of the molecule is Cc1cnc(-c2ncc(Cl)cc2Cl)[nH]1. The van der Waals surface area contributed by atoms with Gasteiger partial charge in [0.25, 0.3) is 0 Å². The number of nitrogens with one attached hydrogen (secondary N) is 1. The van der Waals surface area contributed by atoms with E-state index in [9.17, 15) is 0 Å². The van der Waals surface area contributed by atoms with Gasteiger partial charge in [-0.05, 0) is 13.0 Å². The largest absolute Gasteiger partial charge is 0.341 e. The van der Waals surface area contributed by atoms with E-state index in [2.05, 4.69) is 15.0 Å². The third-order valence-corrected chi connectivity index (χ3v) is 2.23. The third-order valence-electron chi connectivity index (χ3n) is 1.73. The molecule has 0 fully saturated rings. The number of hydrogen-bond acceptors (Lipinski definition) is 2. The zero-order valence-electron chi connectivity index (χ0n) is 7.38. The zero-order valence-corrected chi connectivity index (χ0v) is 8.89. The fourth-order valence-electron chi connectivity index (χ4n) is 1.12. The summed E-state index contributed by atoms with van der Waals surface area (Å²) in [6, 6.07) is 1.64. The summed E-state index contributed by atoms with van der Waals surface area (Å²) in [5.41, 5.74) is 1.58. The standard InChI is InChI=1S/C9H7Cl2N3/c1-5-3-13-9(14-5)8-7(11)2-6(10)4-12-8/h2-4H,1H3,(H,13,14). The molecule has 0 radical (unpaired) electrons. The summed E-state index contributed by atoms with van der Waals surface area (Å²) in [7, 11) is 0. The van der Waals surface area contributed by atoms with Crippen molar-refractivity contribution in [2.24, 2.45) is 0 Å². The van der Waals surface area contributed by atoms with Gasteiger partial charge >= 0.3 is 0 Å². The van der Waals surface area contributed by atoms with Gasteiger partial charge in [0.2, 0.25) is 0 Å². The second kappa shape index (κ2) is 3.59. The van der Waals surface area contributed by atoms with Crippen LogP contribution in [0.4, 0.5) is 0 Å². The smallest absolute Gasteiger partial charge is 0.157 e. The minimum atomic E-state index is 0.492. The van der Waals surface area contributed by atoms with Gasteiger partial charge in [-0.1, -0.05) is 23.2 Å². The van der Waals surface area contributed by atoms with E-state index < -0.39 is 0 Å².